The Hall–Kier alpha value is -2.32. The summed E-state index contributed by atoms with van der Waals surface area (Å²) in [4.78, 5) is 14.6. The number of nitro benzene ring substituents is 1. The number of ether oxygens (including phenoxy) is 1. The average Bonchev–Trinajstić information content (AvgIpc) is 2.97. The molecule has 0 spiro atoms. The summed E-state index contributed by atoms with van der Waals surface area (Å²) in [6, 6.07) is 6.31. The minimum Gasteiger partial charge on any atom is -0.378 e. The molecule has 0 radical (unpaired) electrons. The molecule has 1 atom stereocenters. The zero-order chi connectivity index (χ0) is 14.7. The lowest BCUT2D eigenvalue weighted by atomic mass is 10.2. The van der Waals surface area contributed by atoms with Crippen LogP contribution in [0.5, 0.6) is 0 Å². The predicted octanol–water partition coefficient (Wildman–Crippen LogP) is 1.18. The Bertz CT molecular complexity index is 637. The summed E-state index contributed by atoms with van der Waals surface area (Å²) in [5.41, 5.74) is 0.563. The van der Waals surface area contributed by atoms with Crippen molar-refractivity contribution < 1.29 is 14.2 Å². The monoisotopic (exact) mass is 290 g/mol. The third-order valence-electron chi connectivity index (χ3n) is 3.20. The van der Waals surface area contributed by atoms with Gasteiger partial charge in [-0.25, -0.2) is 0 Å². The van der Waals surface area contributed by atoms with E-state index in [1.165, 1.54) is 12.1 Å². The van der Waals surface area contributed by atoms with Crippen LogP contribution in [0.3, 0.4) is 0 Å². The smallest absolute Gasteiger partial charge is 0.270 e. The molecule has 1 aliphatic rings. The Morgan fingerprint density at radius 2 is 2.38 bits per heavy atom. The van der Waals surface area contributed by atoms with Crippen LogP contribution >= 0.6 is 0 Å². The Balaban J connectivity index is 1.75. The molecule has 1 N–H and O–H groups in total. The average molecular weight is 290 g/mol. The highest BCUT2D eigenvalue weighted by Crippen LogP contribution is 2.21. The van der Waals surface area contributed by atoms with Gasteiger partial charge in [0.2, 0.25) is 11.7 Å². The van der Waals surface area contributed by atoms with Crippen molar-refractivity contribution in [2.24, 2.45) is 0 Å². The van der Waals surface area contributed by atoms with Gasteiger partial charge in [0.05, 0.1) is 18.1 Å². The van der Waals surface area contributed by atoms with Gasteiger partial charge in [-0.15, -0.1) is 0 Å². The van der Waals surface area contributed by atoms with Crippen LogP contribution in [0.1, 0.15) is 5.89 Å². The molecule has 1 aromatic heterocycles. The van der Waals surface area contributed by atoms with Crippen molar-refractivity contribution in [1.29, 1.82) is 0 Å². The topological polar surface area (TPSA) is 103 Å². The maximum Gasteiger partial charge on any atom is 0.270 e. The van der Waals surface area contributed by atoms with Crippen LogP contribution in [-0.4, -0.2) is 40.9 Å². The first-order chi connectivity index (χ1) is 10.2. The van der Waals surface area contributed by atoms with Crippen LogP contribution in [-0.2, 0) is 11.2 Å². The second-order valence-corrected chi connectivity index (χ2v) is 4.75. The number of non-ortho nitro benzene ring substituents is 1. The van der Waals surface area contributed by atoms with Crippen LogP contribution in [0.2, 0.25) is 0 Å². The minimum absolute atomic E-state index is 0.00111. The van der Waals surface area contributed by atoms with Gasteiger partial charge in [-0.3, -0.25) is 10.1 Å². The third-order valence-corrected chi connectivity index (χ3v) is 3.20. The molecule has 21 heavy (non-hydrogen) atoms. The van der Waals surface area contributed by atoms with Gasteiger partial charge in [0.1, 0.15) is 0 Å². The third kappa shape index (κ3) is 3.23. The maximum atomic E-state index is 10.8. The summed E-state index contributed by atoms with van der Waals surface area (Å²) >= 11 is 0. The molecule has 110 valence electrons. The molecule has 2 heterocycles. The highest BCUT2D eigenvalue weighted by molar-refractivity contribution is 5.58. The molecule has 2 aromatic rings. The van der Waals surface area contributed by atoms with Gasteiger partial charge in [-0.05, 0) is 0 Å². The van der Waals surface area contributed by atoms with E-state index >= 15 is 0 Å². The quantitative estimate of drug-likeness (QED) is 0.666. The normalized spacial score (nSPS) is 18.6. The molecule has 3 rings (SSSR count). The molecular weight excluding hydrogens is 276 g/mol. The number of nitro groups is 1. The fourth-order valence-electron chi connectivity index (χ4n) is 2.18. The first kappa shape index (κ1) is 13.7. The minimum atomic E-state index is -0.451. The fourth-order valence-corrected chi connectivity index (χ4v) is 2.18. The number of hydrogen-bond donors (Lipinski definition) is 1. The van der Waals surface area contributed by atoms with Crippen molar-refractivity contribution in [3.8, 4) is 11.4 Å². The number of hydrogen-bond acceptors (Lipinski definition) is 7. The number of morpholine rings is 1. The van der Waals surface area contributed by atoms with E-state index in [2.05, 4.69) is 15.5 Å². The van der Waals surface area contributed by atoms with Gasteiger partial charge in [0.15, 0.2) is 0 Å². The van der Waals surface area contributed by atoms with E-state index in [1.807, 2.05) is 0 Å². The standard InChI is InChI=1S/C13H14N4O4/c18-17(19)11-3-1-2-9(6-11)13-15-12(21-16-13)7-10-8-20-5-4-14-10/h1-3,6,10,14H,4-5,7-8H2. The van der Waals surface area contributed by atoms with E-state index in [9.17, 15) is 10.1 Å². The summed E-state index contributed by atoms with van der Waals surface area (Å²) in [5.74, 6) is 0.838. The summed E-state index contributed by atoms with van der Waals surface area (Å²) in [6.45, 7) is 2.12. The molecule has 0 saturated carbocycles. The molecule has 0 amide bonds. The molecule has 1 fully saturated rings. The Morgan fingerprint density at radius 3 is 3.14 bits per heavy atom. The van der Waals surface area contributed by atoms with E-state index in [-0.39, 0.29) is 11.7 Å². The summed E-state index contributed by atoms with van der Waals surface area (Å²) < 4.78 is 10.6. The van der Waals surface area contributed by atoms with Gasteiger partial charge >= 0.3 is 0 Å². The van der Waals surface area contributed by atoms with E-state index < -0.39 is 4.92 Å². The lowest BCUT2D eigenvalue weighted by Crippen LogP contribution is -2.42. The van der Waals surface area contributed by atoms with E-state index in [1.54, 1.807) is 12.1 Å². The Labute approximate surface area is 120 Å². The number of benzene rings is 1. The highest BCUT2D eigenvalue weighted by atomic mass is 16.6. The van der Waals surface area contributed by atoms with Crippen LogP contribution < -0.4 is 5.32 Å². The summed E-state index contributed by atoms with van der Waals surface area (Å²) in [6.07, 6.45) is 0.571. The fraction of sp³-hybridized carbons (Fsp3) is 0.385. The predicted molar refractivity (Wildman–Crippen MR) is 72.7 cm³/mol. The molecule has 8 heteroatoms. The van der Waals surface area contributed by atoms with Crippen LogP contribution in [0, 0.1) is 10.1 Å². The van der Waals surface area contributed by atoms with Gasteiger partial charge in [-0.1, -0.05) is 17.3 Å². The van der Waals surface area contributed by atoms with Gasteiger partial charge < -0.3 is 14.6 Å². The Morgan fingerprint density at radius 1 is 1.48 bits per heavy atom. The number of nitrogens with zero attached hydrogens (tertiary/aromatic N) is 3. The van der Waals surface area contributed by atoms with Crippen LogP contribution in [0.25, 0.3) is 11.4 Å². The lowest BCUT2D eigenvalue weighted by Gasteiger charge is -2.22. The van der Waals surface area contributed by atoms with Crippen molar-refractivity contribution in [2.45, 2.75) is 12.5 Å². The number of nitrogens with one attached hydrogen (secondary N) is 1. The van der Waals surface area contributed by atoms with E-state index in [0.717, 1.165) is 6.54 Å². The van der Waals surface area contributed by atoms with Gasteiger partial charge in [0, 0.05) is 36.7 Å². The molecule has 0 bridgehead atoms. The first-order valence-corrected chi connectivity index (χ1v) is 6.61. The molecule has 1 aromatic carbocycles. The molecule has 1 unspecified atom stereocenters. The van der Waals surface area contributed by atoms with Crippen molar-refractivity contribution in [3.63, 3.8) is 0 Å². The number of rotatable bonds is 4. The number of aromatic nitrogens is 2. The van der Waals surface area contributed by atoms with Crippen molar-refractivity contribution >= 4 is 5.69 Å². The molecule has 1 saturated heterocycles. The first-order valence-electron chi connectivity index (χ1n) is 6.61. The maximum absolute atomic E-state index is 10.8. The van der Waals surface area contributed by atoms with Crippen molar-refractivity contribution in [2.75, 3.05) is 19.8 Å². The molecular formula is C13H14N4O4. The van der Waals surface area contributed by atoms with Crippen LogP contribution in [0.4, 0.5) is 5.69 Å². The molecule has 0 aliphatic carbocycles. The van der Waals surface area contributed by atoms with Crippen LogP contribution in [0.15, 0.2) is 28.8 Å². The van der Waals surface area contributed by atoms with E-state index in [4.69, 9.17) is 9.26 Å². The second-order valence-electron chi connectivity index (χ2n) is 4.75. The Kier molecular flexibility index (Phi) is 3.89. The highest BCUT2D eigenvalue weighted by Gasteiger charge is 2.18. The van der Waals surface area contributed by atoms with Gasteiger partial charge in [-0.2, -0.15) is 4.98 Å². The largest absolute Gasteiger partial charge is 0.378 e. The van der Waals surface area contributed by atoms with Gasteiger partial charge in [0.25, 0.3) is 5.69 Å². The molecule has 8 nitrogen and oxygen atoms in total. The lowest BCUT2D eigenvalue weighted by molar-refractivity contribution is -0.384. The summed E-state index contributed by atoms with van der Waals surface area (Å²) in [5, 5.41) is 17.9. The molecule has 1 aliphatic heterocycles. The van der Waals surface area contributed by atoms with Crippen molar-refractivity contribution in [1.82, 2.24) is 15.5 Å². The SMILES string of the molecule is O=[N+]([O-])c1cccc(-c2noc(CC3COCCN3)n2)c1. The zero-order valence-corrected chi connectivity index (χ0v) is 11.2. The van der Waals surface area contributed by atoms with Crippen molar-refractivity contribution in [3.05, 3.63) is 40.3 Å². The van der Waals surface area contributed by atoms with E-state index in [0.29, 0.717) is 36.9 Å². The zero-order valence-electron chi connectivity index (χ0n) is 11.2. The summed E-state index contributed by atoms with van der Waals surface area (Å²) in [7, 11) is 0. The second kappa shape index (κ2) is 5.98.